The largest absolute Gasteiger partial charge is 0.476 e. The lowest BCUT2D eigenvalue weighted by atomic mass is 10.1. The minimum Gasteiger partial charge on any atom is -0.476 e. The van der Waals surface area contributed by atoms with Crippen LogP contribution in [0.5, 0.6) is 5.75 Å². The number of fused-ring (bicyclic) bond motifs is 1. The van der Waals surface area contributed by atoms with E-state index in [0.29, 0.717) is 22.6 Å². The number of halogens is 1. The molecule has 0 spiro atoms. The Hall–Kier alpha value is -2.36. The Morgan fingerprint density at radius 2 is 2.07 bits per heavy atom. The van der Waals surface area contributed by atoms with Crippen molar-refractivity contribution in [2.75, 3.05) is 24.7 Å². The maximum absolute atomic E-state index is 13.4. The van der Waals surface area contributed by atoms with Gasteiger partial charge in [0.05, 0.1) is 15.5 Å². The minimum atomic E-state index is -1.71. The van der Waals surface area contributed by atoms with E-state index in [1.807, 2.05) is 54.0 Å². The summed E-state index contributed by atoms with van der Waals surface area (Å²) in [5, 5.41) is 8.72. The lowest BCUT2D eigenvalue weighted by molar-refractivity contribution is -0.134. The normalized spacial score (nSPS) is 19.9. The molecule has 0 saturated heterocycles. The van der Waals surface area contributed by atoms with E-state index in [1.165, 1.54) is 11.8 Å². The third kappa shape index (κ3) is 4.53. The highest BCUT2D eigenvalue weighted by molar-refractivity contribution is 7.98. The van der Waals surface area contributed by atoms with Gasteiger partial charge in [-0.15, -0.1) is 11.8 Å². The van der Waals surface area contributed by atoms with Crippen molar-refractivity contribution in [2.45, 2.75) is 29.2 Å². The molecule has 3 rings (SSSR count). The Bertz CT molecular complexity index is 984. The molecule has 1 aliphatic rings. The Kier molecular flexibility index (Phi) is 7.17. The molecule has 2 aromatic carbocycles. The van der Waals surface area contributed by atoms with Gasteiger partial charge >= 0.3 is 5.97 Å². The fourth-order valence-electron chi connectivity index (χ4n) is 3.25. The molecule has 6 nitrogen and oxygen atoms in total. The fraction of sp³-hybridized carbons (Fsp3) is 0.286. The topological polar surface area (TPSA) is 70.1 Å². The second-order valence-corrected chi connectivity index (χ2v) is 9.03. The van der Waals surface area contributed by atoms with Gasteiger partial charge in [-0.25, -0.2) is 13.3 Å². The van der Waals surface area contributed by atoms with Crippen LogP contribution in [0.3, 0.4) is 0 Å². The summed E-state index contributed by atoms with van der Waals surface area (Å²) in [7, 11) is 0.341. The van der Waals surface area contributed by atoms with Crippen molar-refractivity contribution in [3.8, 4) is 5.75 Å². The number of hydrogen-bond donors (Lipinski definition) is 1. The summed E-state index contributed by atoms with van der Waals surface area (Å²) < 4.78 is 33.9. The van der Waals surface area contributed by atoms with Crippen LogP contribution in [0.4, 0.5) is 15.8 Å². The standard InChI is InChI=1S/C21H23FN2O4S2/c1-4-14-12-24(15-8-6-5-7-9-15)17-10-19(29-3)18(28-13-16(22)21(25)26)11-20(17)30(27)23(14)2/h5-11,13-14H,4,12H2,1-3H3,(H,25,26)/b16-13-/t14-,30?/m0/s1. The number of rotatable bonds is 6. The van der Waals surface area contributed by atoms with Crippen LogP contribution in [0.15, 0.2) is 64.3 Å². The van der Waals surface area contributed by atoms with Crippen molar-refractivity contribution >= 4 is 40.1 Å². The average molecular weight is 451 g/mol. The molecule has 0 saturated carbocycles. The summed E-state index contributed by atoms with van der Waals surface area (Å²) in [4.78, 5) is 14.1. The zero-order valence-electron chi connectivity index (χ0n) is 16.9. The number of nitrogens with zero attached hydrogens (tertiary/aromatic N) is 2. The number of carboxylic acid groups (broad SMARTS) is 1. The van der Waals surface area contributed by atoms with Crippen LogP contribution in [0, 0.1) is 0 Å². The number of carbonyl (C=O) groups is 1. The zero-order chi connectivity index (χ0) is 21.8. The number of aliphatic carboxylic acids is 1. The third-order valence-electron chi connectivity index (χ3n) is 4.93. The Morgan fingerprint density at radius 3 is 2.67 bits per heavy atom. The van der Waals surface area contributed by atoms with E-state index in [2.05, 4.69) is 11.8 Å². The van der Waals surface area contributed by atoms with Crippen LogP contribution in [-0.4, -0.2) is 45.5 Å². The molecule has 2 aromatic rings. The highest BCUT2D eigenvalue weighted by Crippen LogP contribution is 2.42. The summed E-state index contributed by atoms with van der Waals surface area (Å²) >= 11 is 1.38. The molecular formula is C21H23FN2O4S2. The number of likely N-dealkylation sites (N-methyl/N-ethyl adjacent to an activating group) is 1. The fourth-order valence-corrected chi connectivity index (χ4v) is 5.14. The summed E-state index contributed by atoms with van der Waals surface area (Å²) in [5.41, 5.74) is 1.75. The molecule has 9 heteroatoms. The van der Waals surface area contributed by atoms with Gasteiger partial charge in [-0.1, -0.05) is 25.1 Å². The van der Waals surface area contributed by atoms with Gasteiger partial charge in [0, 0.05) is 31.4 Å². The first-order chi connectivity index (χ1) is 14.4. The maximum Gasteiger partial charge on any atom is 0.368 e. The highest BCUT2D eigenvalue weighted by atomic mass is 32.2. The summed E-state index contributed by atoms with van der Waals surface area (Å²) in [5.74, 6) is -2.87. The first kappa shape index (κ1) is 22.3. The quantitative estimate of drug-likeness (QED) is 0.395. The van der Waals surface area contributed by atoms with Gasteiger partial charge in [-0.3, -0.25) is 0 Å². The van der Waals surface area contributed by atoms with Crippen molar-refractivity contribution < 1.29 is 23.2 Å². The van der Waals surface area contributed by atoms with Crippen LogP contribution in [0.25, 0.3) is 0 Å². The van der Waals surface area contributed by atoms with Gasteiger partial charge in [0.25, 0.3) is 0 Å². The van der Waals surface area contributed by atoms with Gasteiger partial charge < -0.3 is 14.7 Å². The van der Waals surface area contributed by atoms with Crippen molar-refractivity contribution in [3.05, 3.63) is 54.6 Å². The summed E-state index contributed by atoms with van der Waals surface area (Å²) in [6.07, 6.45) is 3.20. The van der Waals surface area contributed by atoms with Crippen LogP contribution in [0.2, 0.25) is 0 Å². The van der Waals surface area contributed by atoms with Gasteiger partial charge in [0.15, 0.2) is 0 Å². The van der Waals surface area contributed by atoms with Crippen LogP contribution in [0.1, 0.15) is 13.3 Å². The van der Waals surface area contributed by atoms with E-state index >= 15 is 0 Å². The number of hydrogen-bond acceptors (Lipinski definition) is 5. The number of benzene rings is 2. The van der Waals surface area contributed by atoms with E-state index in [1.54, 1.807) is 6.07 Å². The Labute approximate surface area is 181 Å². The van der Waals surface area contributed by atoms with Crippen LogP contribution < -0.4 is 9.64 Å². The molecule has 2 atom stereocenters. The molecule has 160 valence electrons. The number of ether oxygens (including phenoxy) is 1. The number of anilines is 2. The third-order valence-corrected chi connectivity index (χ3v) is 7.21. The number of carboxylic acids is 1. The van der Waals surface area contributed by atoms with Gasteiger partial charge in [-0.05, 0) is 30.9 Å². The highest BCUT2D eigenvalue weighted by Gasteiger charge is 2.32. The Balaban J connectivity index is 2.16. The molecule has 0 amide bonds. The molecular weight excluding hydrogens is 427 g/mol. The lowest BCUT2D eigenvalue weighted by Gasteiger charge is -2.29. The van der Waals surface area contributed by atoms with E-state index in [4.69, 9.17) is 9.84 Å². The van der Waals surface area contributed by atoms with E-state index in [9.17, 15) is 13.4 Å². The molecule has 0 bridgehead atoms. The first-order valence-corrected chi connectivity index (χ1v) is 11.7. The molecule has 0 aliphatic carbocycles. The van der Waals surface area contributed by atoms with Crippen molar-refractivity contribution in [3.63, 3.8) is 0 Å². The predicted molar refractivity (Wildman–Crippen MR) is 117 cm³/mol. The molecule has 1 aliphatic heterocycles. The zero-order valence-corrected chi connectivity index (χ0v) is 18.5. The second-order valence-electron chi connectivity index (χ2n) is 6.66. The molecule has 0 aromatic heterocycles. The smallest absolute Gasteiger partial charge is 0.368 e. The van der Waals surface area contributed by atoms with E-state index in [-0.39, 0.29) is 11.8 Å². The monoisotopic (exact) mass is 450 g/mol. The molecule has 0 fully saturated rings. The number of para-hydroxylation sites is 1. The molecule has 0 radical (unpaired) electrons. The van der Waals surface area contributed by atoms with E-state index in [0.717, 1.165) is 17.8 Å². The van der Waals surface area contributed by atoms with Gasteiger partial charge in [0.2, 0.25) is 5.83 Å². The number of thioether (sulfide) groups is 1. The van der Waals surface area contributed by atoms with Crippen molar-refractivity contribution in [1.82, 2.24) is 4.31 Å². The van der Waals surface area contributed by atoms with E-state index < -0.39 is 22.8 Å². The molecule has 1 unspecified atom stereocenters. The maximum atomic E-state index is 13.4. The second kappa shape index (κ2) is 9.63. The summed E-state index contributed by atoms with van der Waals surface area (Å²) in [6, 6.07) is 13.4. The predicted octanol–water partition coefficient (Wildman–Crippen LogP) is 4.57. The molecule has 30 heavy (non-hydrogen) atoms. The minimum absolute atomic E-state index is 0.0462. The summed E-state index contributed by atoms with van der Waals surface area (Å²) in [6.45, 7) is 2.70. The van der Waals surface area contributed by atoms with Crippen molar-refractivity contribution in [1.29, 1.82) is 0 Å². The Morgan fingerprint density at radius 1 is 1.37 bits per heavy atom. The van der Waals surface area contributed by atoms with Gasteiger partial charge in [0.1, 0.15) is 23.0 Å². The van der Waals surface area contributed by atoms with Crippen LogP contribution >= 0.6 is 11.8 Å². The first-order valence-electron chi connectivity index (χ1n) is 9.32. The SMILES string of the molecule is CC[C@H]1CN(c2ccccc2)c2cc(SC)c(O/C=C(\F)C(=O)O)cc2S(=O)N1C. The molecule has 1 N–H and O–H groups in total. The van der Waals surface area contributed by atoms with Crippen molar-refractivity contribution in [2.24, 2.45) is 0 Å². The van der Waals surface area contributed by atoms with Crippen LogP contribution in [-0.2, 0) is 15.8 Å². The average Bonchev–Trinajstić information content (AvgIpc) is 2.86. The lowest BCUT2D eigenvalue weighted by Crippen LogP contribution is -2.38. The molecule has 1 heterocycles. The van der Waals surface area contributed by atoms with Gasteiger partial charge in [-0.2, -0.15) is 4.39 Å².